The maximum Gasteiger partial charge on any atom is 0.341 e. The van der Waals surface area contributed by atoms with E-state index in [1.54, 1.807) is 18.2 Å². The number of carbonyl (C=O) groups is 1. The monoisotopic (exact) mass is 362 g/mol. The zero-order chi connectivity index (χ0) is 18.9. The average molecular weight is 363 g/mol. The molecule has 0 aliphatic carbocycles. The van der Waals surface area contributed by atoms with E-state index in [2.05, 4.69) is 25.7 Å². The van der Waals surface area contributed by atoms with Gasteiger partial charge in [-0.25, -0.2) is 4.79 Å². The summed E-state index contributed by atoms with van der Waals surface area (Å²) in [5.74, 6) is 0.620. The minimum Gasteiger partial charge on any atom is -0.493 e. The number of esters is 1. The maximum atomic E-state index is 12.7. The van der Waals surface area contributed by atoms with Crippen LogP contribution in [0.3, 0.4) is 0 Å². The van der Waals surface area contributed by atoms with E-state index in [1.807, 2.05) is 0 Å². The van der Waals surface area contributed by atoms with Gasteiger partial charge in [0.05, 0.1) is 6.61 Å². The van der Waals surface area contributed by atoms with Crippen LogP contribution in [0.4, 0.5) is 5.69 Å². The highest BCUT2D eigenvalue weighted by Gasteiger charge is 2.25. The molecule has 0 amide bonds. The molecule has 1 fully saturated rings. The number of ether oxygens (including phenoxy) is 2. The highest BCUT2D eigenvalue weighted by atomic mass is 16.5. The van der Waals surface area contributed by atoms with Gasteiger partial charge in [-0.05, 0) is 50.4 Å². The lowest BCUT2D eigenvalue weighted by atomic mass is 10.00. The lowest BCUT2D eigenvalue weighted by Crippen LogP contribution is -2.45. The number of hydrogen-bond acceptors (Lipinski definition) is 5. The molecular weight excluding hydrogens is 328 g/mol. The molecular formula is C21H34N2O3. The maximum absolute atomic E-state index is 12.7. The Hall–Kier alpha value is -1.75. The number of benzene rings is 1. The van der Waals surface area contributed by atoms with Crippen molar-refractivity contribution in [3.05, 3.63) is 23.8 Å². The number of piperidine rings is 1. The second-order valence-electron chi connectivity index (χ2n) is 7.46. The summed E-state index contributed by atoms with van der Waals surface area (Å²) in [5.41, 5.74) is 6.89. The Morgan fingerprint density at radius 2 is 1.96 bits per heavy atom. The van der Waals surface area contributed by atoms with Gasteiger partial charge in [0.15, 0.2) is 0 Å². The molecule has 26 heavy (non-hydrogen) atoms. The minimum absolute atomic E-state index is 0.262. The number of carbonyl (C=O) groups excluding carboxylic acids is 1. The first-order valence-electron chi connectivity index (χ1n) is 9.96. The molecule has 0 unspecified atom stereocenters. The number of nitrogen functional groups attached to an aromatic ring is 1. The molecule has 5 nitrogen and oxygen atoms in total. The van der Waals surface area contributed by atoms with Crippen LogP contribution in [0.15, 0.2) is 18.2 Å². The van der Waals surface area contributed by atoms with Crippen LogP contribution in [0.25, 0.3) is 0 Å². The number of unbranched alkanes of at least 4 members (excludes halogenated alkanes) is 1. The molecule has 0 radical (unpaired) electrons. The molecule has 2 N–H and O–H groups in total. The van der Waals surface area contributed by atoms with E-state index in [4.69, 9.17) is 15.2 Å². The first kappa shape index (κ1) is 20.6. The van der Waals surface area contributed by atoms with E-state index in [0.29, 0.717) is 36.1 Å². The van der Waals surface area contributed by atoms with Crippen molar-refractivity contribution in [3.63, 3.8) is 0 Å². The summed E-state index contributed by atoms with van der Waals surface area (Å²) in [4.78, 5) is 15.1. The van der Waals surface area contributed by atoms with Crippen molar-refractivity contribution in [2.45, 2.75) is 58.9 Å². The first-order chi connectivity index (χ1) is 12.5. The van der Waals surface area contributed by atoms with Crippen molar-refractivity contribution in [1.29, 1.82) is 0 Å². The molecule has 146 valence electrons. The fourth-order valence-electron chi connectivity index (χ4n) is 3.36. The molecule has 1 aliphatic heterocycles. The van der Waals surface area contributed by atoms with Crippen LogP contribution in [-0.4, -0.2) is 43.2 Å². The number of nitrogens with two attached hydrogens (primary N) is 1. The van der Waals surface area contributed by atoms with Gasteiger partial charge in [0, 0.05) is 17.8 Å². The van der Waals surface area contributed by atoms with Crippen molar-refractivity contribution < 1.29 is 14.3 Å². The predicted molar refractivity (Wildman–Crippen MR) is 106 cm³/mol. The van der Waals surface area contributed by atoms with Gasteiger partial charge in [0.25, 0.3) is 0 Å². The van der Waals surface area contributed by atoms with E-state index in [1.165, 1.54) is 19.3 Å². The summed E-state index contributed by atoms with van der Waals surface area (Å²) in [6.07, 6.45) is 5.72. The first-order valence-corrected chi connectivity index (χ1v) is 9.96. The van der Waals surface area contributed by atoms with Crippen molar-refractivity contribution in [2.24, 2.45) is 5.92 Å². The normalized spacial score (nSPS) is 16.5. The average Bonchev–Trinajstić information content (AvgIpc) is 2.62. The molecule has 1 atom stereocenters. The van der Waals surface area contributed by atoms with Crippen molar-refractivity contribution in [1.82, 2.24) is 4.90 Å². The molecule has 1 heterocycles. The smallest absolute Gasteiger partial charge is 0.341 e. The highest BCUT2D eigenvalue weighted by Crippen LogP contribution is 2.24. The van der Waals surface area contributed by atoms with Gasteiger partial charge < -0.3 is 15.2 Å². The largest absolute Gasteiger partial charge is 0.493 e. The molecule has 2 rings (SSSR count). The molecule has 0 aromatic heterocycles. The number of rotatable bonds is 9. The fourth-order valence-corrected chi connectivity index (χ4v) is 3.36. The molecule has 0 spiro atoms. The van der Waals surface area contributed by atoms with Gasteiger partial charge in [-0.1, -0.05) is 33.6 Å². The van der Waals surface area contributed by atoms with E-state index in [9.17, 15) is 4.79 Å². The number of nitrogens with zero attached hydrogens (tertiary/aromatic N) is 1. The molecule has 5 heteroatoms. The van der Waals surface area contributed by atoms with E-state index in [0.717, 1.165) is 25.9 Å². The van der Waals surface area contributed by atoms with E-state index >= 15 is 0 Å². The molecule has 0 saturated carbocycles. The summed E-state index contributed by atoms with van der Waals surface area (Å²) >= 11 is 0. The summed E-state index contributed by atoms with van der Waals surface area (Å²) in [5, 5.41) is 0. The van der Waals surface area contributed by atoms with Crippen LogP contribution in [0, 0.1) is 5.92 Å². The molecule has 1 aliphatic rings. The second kappa shape index (κ2) is 10.4. The standard InChI is InChI=1S/C21H34N2O3/c1-4-5-13-25-20-14-17(22)9-10-18(20)21(24)26-15-19(16(2)3)23-11-7-6-8-12-23/h9-10,14,16,19H,4-8,11-13,15,22H2,1-3H3/t19-/m1/s1. The summed E-state index contributed by atoms with van der Waals surface area (Å²) in [6.45, 7) is 9.65. The molecule has 1 saturated heterocycles. The van der Waals surface area contributed by atoms with Gasteiger partial charge in [-0.15, -0.1) is 0 Å². The van der Waals surface area contributed by atoms with Crippen LogP contribution in [0.1, 0.15) is 63.2 Å². The van der Waals surface area contributed by atoms with Gasteiger partial charge in [-0.2, -0.15) is 0 Å². The zero-order valence-electron chi connectivity index (χ0n) is 16.5. The van der Waals surface area contributed by atoms with Gasteiger partial charge >= 0.3 is 5.97 Å². The highest BCUT2D eigenvalue weighted by molar-refractivity contribution is 5.93. The van der Waals surface area contributed by atoms with Crippen molar-refractivity contribution in [3.8, 4) is 5.75 Å². The lowest BCUT2D eigenvalue weighted by molar-refractivity contribution is 0.0230. The van der Waals surface area contributed by atoms with Crippen molar-refractivity contribution in [2.75, 3.05) is 32.0 Å². The van der Waals surface area contributed by atoms with Crippen LogP contribution >= 0.6 is 0 Å². The fraction of sp³-hybridized carbons (Fsp3) is 0.667. The Bertz CT molecular complexity index is 568. The number of anilines is 1. The SMILES string of the molecule is CCCCOc1cc(N)ccc1C(=O)OC[C@H](C(C)C)N1CCCCC1. The number of hydrogen-bond donors (Lipinski definition) is 1. The zero-order valence-corrected chi connectivity index (χ0v) is 16.5. The Morgan fingerprint density at radius 1 is 1.23 bits per heavy atom. The third-order valence-corrected chi connectivity index (χ3v) is 5.00. The van der Waals surface area contributed by atoms with Crippen LogP contribution in [0.2, 0.25) is 0 Å². The molecule has 1 aromatic carbocycles. The second-order valence-corrected chi connectivity index (χ2v) is 7.46. The summed E-state index contributed by atoms with van der Waals surface area (Å²) in [6, 6.07) is 5.38. The van der Waals surface area contributed by atoms with E-state index in [-0.39, 0.29) is 12.0 Å². The van der Waals surface area contributed by atoms with Crippen molar-refractivity contribution >= 4 is 11.7 Å². The quantitative estimate of drug-likeness (QED) is 0.407. The Labute approximate surface area is 157 Å². The van der Waals surface area contributed by atoms with E-state index < -0.39 is 0 Å². The predicted octanol–water partition coefficient (Wildman–Crippen LogP) is 4.12. The lowest BCUT2D eigenvalue weighted by Gasteiger charge is -2.36. The summed E-state index contributed by atoms with van der Waals surface area (Å²) in [7, 11) is 0. The topological polar surface area (TPSA) is 64.8 Å². The number of likely N-dealkylation sites (tertiary alicyclic amines) is 1. The van der Waals surface area contributed by atoms with Gasteiger partial charge in [0.1, 0.15) is 17.9 Å². The summed E-state index contributed by atoms with van der Waals surface area (Å²) < 4.78 is 11.4. The third-order valence-electron chi connectivity index (χ3n) is 5.00. The van der Waals surface area contributed by atoms with Gasteiger partial charge in [0.2, 0.25) is 0 Å². The Kier molecular flexibility index (Phi) is 8.23. The van der Waals surface area contributed by atoms with Gasteiger partial charge in [-0.3, -0.25) is 4.90 Å². The molecule has 0 bridgehead atoms. The Balaban J connectivity index is 2.01. The van der Waals surface area contributed by atoms with Crippen LogP contribution < -0.4 is 10.5 Å². The van der Waals surface area contributed by atoms with Crippen LogP contribution in [-0.2, 0) is 4.74 Å². The minimum atomic E-state index is -0.334. The van der Waals surface area contributed by atoms with Crippen LogP contribution in [0.5, 0.6) is 5.75 Å². The molecule has 1 aromatic rings. The Morgan fingerprint density at radius 3 is 2.62 bits per heavy atom. The third kappa shape index (κ3) is 5.90.